The number of aryl methyl sites for hydroxylation is 1. The van der Waals surface area contributed by atoms with Crippen LogP contribution in [0.5, 0.6) is 5.75 Å². The summed E-state index contributed by atoms with van der Waals surface area (Å²) in [5, 5.41) is 32.7. The van der Waals surface area contributed by atoms with Crippen LogP contribution >= 0.6 is 0 Å². The fourth-order valence-corrected chi connectivity index (χ4v) is 4.12. The highest BCUT2D eigenvalue weighted by atomic mass is 16.5. The zero-order chi connectivity index (χ0) is 21.1. The number of hydrogen-bond acceptors (Lipinski definition) is 6. The molecule has 0 aliphatic heterocycles. The number of carbonyl (C=O) groups is 1. The number of aliphatic hydroxyl groups is 3. The van der Waals surface area contributed by atoms with Crippen LogP contribution in [-0.2, 0) is 31.0 Å². The van der Waals surface area contributed by atoms with Crippen molar-refractivity contribution in [2.24, 2.45) is 0 Å². The monoisotopic (exact) mass is 399 g/mol. The van der Waals surface area contributed by atoms with Gasteiger partial charge in [-0.3, -0.25) is 9.59 Å². The van der Waals surface area contributed by atoms with Gasteiger partial charge in [0.1, 0.15) is 0 Å². The highest BCUT2D eigenvalue weighted by Crippen LogP contribution is 2.41. The van der Waals surface area contributed by atoms with E-state index in [1.807, 2.05) is 6.07 Å². The molecule has 1 aliphatic rings. The SMILES string of the molecule is COc1ccc2c(cc1=O)[C@@H](NC(C)=O)CCc1cc(CO)c(CO)c(CO)c1-2. The van der Waals surface area contributed by atoms with Crippen molar-refractivity contribution in [2.45, 2.75) is 45.6 Å². The van der Waals surface area contributed by atoms with Gasteiger partial charge in [0.05, 0.1) is 33.0 Å². The Kier molecular flexibility index (Phi) is 6.32. The quantitative estimate of drug-likeness (QED) is 0.603. The molecule has 7 heteroatoms. The number of aliphatic hydroxyl groups excluding tert-OH is 3. The summed E-state index contributed by atoms with van der Waals surface area (Å²) < 4.78 is 5.18. The van der Waals surface area contributed by atoms with Gasteiger partial charge in [-0.1, -0.05) is 12.1 Å². The van der Waals surface area contributed by atoms with Crippen LogP contribution in [0.4, 0.5) is 0 Å². The molecule has 1 atom stereocenters. The predicted molar refractivity (Wildman–Crippen MR) is 107 cm³/mol. The van der Waals surface area contributed by atoms with Gasteiger partial charge < -0.3 is 25.4 Å². The van der Waals surface area contributed by atoms with E-state index < -0.39 is 6.04 Å². The molecule has 0 saturated carbocycles. The zero-order valence-electron chi connectivity index (χ0n) is 16.5. The maximum absolute atomic E-state index is 12.6. The van der Waals surface area contributed by atoms with Crippen LogP contribution in [0, 0.1) is 0 Å². The molecular formula is C22H25NO6. The largest absolute Gasteiger partial charge is 0.493 e. The summed E-state index contributed by atoms with van der Waals surface area (Å²) in [7, 11) is 1.41. The van der Waals surface area contributed by atoms with Crippen molar-refractivity contribution in [3.63, 3.8) is 0 Å². The number of benzene rings is 1. The third-order valence-electron chi connectivity index (χ3n) is 5.40. The van der Waals surface area contributed by atoms with Gasteiger partial charge in [0.15, 0.2) is 5.75 Å². The van der Waals surface area contributed by atoms with E-state index in [1.54, 1.807) is 12.1 Å². The van der Waals surface area contributed by atoms with Crippen molar-refractivity contribution < 1.29 is 24.9 Å². The molecule has 154 valence electrons. The van der Waals surface area contributed by atoms with Crippen molar-refractivity contribution in [1.29, 1.82) is 0 Å². The van der Waals surface area contributed by atoms with Crippen molar-refractivity contribution in [2.75, 3.05) is 7.11 Å². The number of carbonyl (C=O) groups excluding carboxylic acids is 1. The first kappa shape index (κ1) is 21.0. The third kappa shape index (κ3) is 3.89. The number of ether oxygens (including phenoxy) is 1. The summed E-state index contributed by atoms with van der Waals surface area (Å²) in [4.78, 5) is 24.4. The van der Waals surface area contributed by atoms with E-state index in [0.717, 1.165) is 5.56 Å². The predicted octanol–water partition coefficient (Wildman–Crippen LogP) is 1.32. The molecule has 7 nitrogen and oxygen atoms in total. The Balaban J connectivity index is 2.41. The van der Waals surface area contributed by atoms with Crippen molar-refractivity contribution >= 4 is 5.91 Å². The minimum Gasteiger partial charge on any atom is -0.493 e. The molecule has 0 bridgehead atoms. The summed E-state index contributed by atoms with van der Waals surface area (Å²) in [5.41, 5.74) is 4.12. The number of rotatable bonds is 5. The van der Waals surface area contributed by atoms with Crippen LogP contribution in [0.25, 0.3) is 11.1 Å². The van der Waals surface area contributed by atoms with Crippen molar-refractivity contribution in [3.05, 3.63) is 62.3 Å². The van der Waals surface area contributed by atoms with Crippen LogP contribution in [0.3, 0.4) is 0 Å². The smallest absolute Gasteiger partial charge is 0.220 e. The van der Waals surface area contributed by atoms with E-state index in [-0.39, 0.29) is 36.9 Å². The Morgan fingerprint density at radius 2 is 1.86 bits per heavy atom. The molecule has 0 aromatic heterocycles. The van der Waals surface area contributed by atoms with Gasteiger partial charge in [0, 0.05) is 6.92 Å². The maximum atomic E-state index is 12.6. The lowest BCUT2D eigenvalue weighted by atomic mass is 9.87. The summed E-state index contributed by atoms with van der Waals surface area (Å²) >= 11 is 0. The van der Waals surface area contributed by atoms with E-state index in [9.17, 15) is 24.9 Å². The van der Waals surface area contributed by atoms with Crippen LogP contribution in [-0.4, -0.2) is 28.3 Å². The number of nitrogens with one attached hydrogen (secondary N) is 1. The fraction of sp³-hybridized carbons (Fsp3) is 0.364. The Hall–Kier alpha value is -2.74. The van der Waals surface area contributed by atoms with Crippen LogP contribution in [0.1, 0.15) is 47.2 Å². The number of hydrogen-bond donors (Lipinski definition) is 4. The van der Waals surface area contributed by atoms with Crippen molar-refractivity contribution in [3.8, 4) is 16.9 Å². The summed E-state index contributed by atoms with van der Waals surface area (Å²) in [6, 6.07) is 6.20. The van der Waals surface area contributed by atoms with Gasteiger partial charge in [-0.25, -0.2) is 0 Å². The molecule has 0 unspecified atom stereocenters. The lowest BCUT2D eigenvalue weighted by molar-refractivity contribution is -0.119. The minimum absolute atomic E-state index is 0.168. The molecule has 0 radical (unpaired) electrons. The molecule has 4 N–H and O–H groups in total. The molecular weight excluding hydrogens is 374 g/mol. The first-order valence-corrected chi connectivity index (χ1v) is 9.43. The standard InChI is InChI=1S/C22H25NO6/c1-12(27)23-19-5-3-13-7-14(9-24)17(10-25)18(11-26)22(13)15-4-6-21(29-2)20(28)8-16(15)19/h4,6-8,19,24-26H,3,5,9-11H2,1-2H3,(H,23,27)/t19-/m0/s1. The highest BCUT2D eigenvalue weighted by Gasteiger charge is 2.27. The molecule has 0 spiro atoms. The summed E-state index contributed by atoms with van der Waals surface area (Å²) in [6.45, 7) is 0.486. The van der Waals surface area contributed by atoms with Gasteiger partial charge in [0.25, 0.3) is 0 Å². The maximum Gasteiger partial charge on any atom is 0.220 e. The highest BCUT2D eigenvalue weighted by molar-refractivity contribution is 5.79. The lowest BCUT2D eigenvalue weighted by Gasteiger charge is -2.20. The molecule has 0 saturated heterocycles. The molecule has 3 rings (SSSR count). The molecule has 1 amide bonds. The fourth-order valence-electron chi connectivity index (χ4n) is 4.12. The van der Waals surface area contributed by atoms with Crippen LogP contribution in [0.2, 0.25) is 0 Å². The molecule has 2 aromatic carbocycles. The second-order valence-corrected chi connectivity index (χ2v) is 7.07. The molecule has 0 heterocycles. The van der Waals surface area contributed by atoms with E-state index in [4.69, 9.17) is 4.74 Å². The molecule has 1 aliphatic carbocycles. The first-order valence-electron chi connectivity index (χ1n) is 9.43. The van der Waals surface area contributed by atoms with Gasteiger partial charge in [0.2, 0.25) is 11.3 Å². The number of amides is 1. The molecule has 0 fully saturated rings. The van der Waals surface area contributed by atoms with Gasteiger partial charge in [-0.15, -0.1) is 0 Å². The molecule has 2 aromatic rings. The van der Waals surface area contributed by atoms with E-state index in [0.29, 0.717) is 46.2 Å². The number of fused-ring (bicyclic) bond motifs is 3. The first-order chi connectivity index (χ1) is 13.9. The Labute approximate surface area is 168 Å². The van der Waals surface area contributed by atoms with E-state index in [1.165, 1.54) is 20.1 Å². The summed E-state index contributed by atoms with van der Waals surface area (Å²) in [5.74, 6) is -0.0478. The van der Waals surface area contributed by atoms with Crippen molar-refractivity contribution in [1.82, 2.24) is 5.32 Å². The lowest BCUT2D eigenvalue weighted by Crippen LogP contribution is -2.26. The average Bonchev–Trinajstić information content (AvgIpc) is 2.95. The zero-order valence-corrected chi connectivity index (χ0v) is 16.5. The second-order valence-electron chi connectivity index (χ2n) is 7.07. The summed E-state index contributed by atoms with van der Waals surface area (Å²) in [6.07, 6.45) is 1.11. The van der Waals surface area contributed by atoms with Crippen LogP contribution in [0.15, 0.2) is 29.1 Å². The Bertz CT molecular complexity index is 1000. The van der Waals surface area contributed by atoms with E-state index in [2.05, 4.69) is 5.32 Å². The Morgan fingerprint density at radius 1 is 1.14 bits per heavy atom. The topological polar surface area (TPSA) is 116 Å². The normalized spacial score (nSPS) is 15.1. The van der Waals surface area contributed by atoms with E-state index >= 15 is 0 Å². The minimum atomic E-state index is -0.401. The third-order valence-corrected chi connectivity index (χ3v) is 5.40. The number of methoxy groups -OCH3 is 1. The molecule has 29 heavy (non-hydrogen) atoms. The van der Waals surface area contributed by atoms with Gasteiger partial charge >= 0.3 is 0 Å². The van der Waals surface area contributed by atoms with Gasteiger partial charge in [-0.2, -0.15) is 0 Å². The van der Waals surface area contributed by atoms with Gasteiger partial charge in [-0.05, 0) is 63.9 Å². The Morgan fingerprint density at radius 3 is 2.45 bits per heavy atom. The second kappa shape index (κ2) is 8.73. The van der Waals surface area contributed by atoms with Crippen LogP contribution < -0.4 is 15.5 Å². The average molecular weight is 399 g/mol.